The van der Waals surface area contributed by atoms with Crippen molar-refractivity contribution in [3.05, 3.63) is 30.0 Å². The van der Waals surface area contributed by atoms with Crippen LogP contribution in [0.5, 0.6) is 0 Å². The second-order valence-electron chi connectivity index (χ2n) is 4.57. The summed E-state index contributed by atoms with van der Waals surface area (Å²) in [4.78, 5) is 8.73. The average Bonchev–Trinajstić information content (AvgIpc) is 2.76. The van der Waals surface area contributed by atoms with E-state index in [1.807, 2.05) is 30.1 Å². The van der Waals surface area contributed by atoms with Crippen LogP contribution >= 0.6 is 0 Å². The van der Waals surface area contributed by atoms with Gasteiger partial charge in [0.1, 0.15) is 11.6 Å². The molecule has 0 aliphatic rings. The monoisotopic (exact) mass is 245 g/mol. The minimum absolute atomic E-state index is 0.360. The molecule has 0 aliphatic carbocycles. The molecule has 18 heavy (non-hydrogen) atoms. The largest absolute Gasteiger partial charge is 0.338 e. The van der Waals surface area contributed by atoms with Gasteiger partial charge < -0.3 is 5.32 Å². The number of aromatic nitrogens is 4. The van der Waals surface area contributed by atoms with E-state index in [1.54, 1.807) is 0 Å². The fraction of sp³-hybridized carbons (Fsp3) is 0.462. The van der Waals surface area contributed by atoms with Crippen LogP contribution in [0.4, 0.5) is 11.5 Å². The minimum atomic E-state index is 0.360. The highest BCUT2D eigenvalue weighted by atomic mass is 15.3. The number of rotatable bonds is 4. The Kier molecular flexibility index (Phi) is 3.60. The van der Waals surface area contributed by atoms with E-state index in [2.05, 4.69) is 41.2 Å². The van der Waals surface area contributed by atoms with Crippen molar-refractivity contribution >= 4 is 11.5 Å². The summed E-state index contributed by atoms with van der Waals surface area (Å²) in [5, 5.41) is 7.55. The number of hydrogen-bond donors (Lipinski definition) is 1. The first-order chi connectivity index (χ1) is 8.58. The van der Waals surface area contributed by atoms with E-state index >= 15 is 0 Å². The van der Waals surface area contributed by atoms with Gasteiger partial charge in [-0.3, -0.25) is 4.68 Å². The van der Waals surface area contributed by atoms with Gasteiger partial charge in [0.25, 0.3) is 0 Å². The summed E-state index contributed by atoms with van der Waals surface area (Å²) in [6.07, 6.45) is 4.69. The second-order valence-corrected chi connectivity index (χ2v) is 4.57. The molecule has 5 heteroatoms. The molecule has 0 atom stereocenters. The molecule has 1 N–H and O–H groups in total. The number of hydrogen-bond acceptors (Lipinski definition) is 4. The van der Waals surface area contributed by atoms with Crippen molar-refractivity contribution in [2.75, 3.05) is 5.32 Å². The van der Waals surface area contributed by atoms with E-state index in [9.17, 15) is 0 Å². The van der Waals surface area contributed by atoms with E-state index in [1.165, 1.54) is 0 Å². The molecule has 0 aromatic carbocycles. The molecule has 5 nitrogen and oxygen atoms in total. The summed E-state index contributed by atoms with van der Waals surface area (Å²) in [6, 6.07) is 2.33. The Balaban J connectivity index is 2.19. The maximum Gasteiger partial charge on any atom is 0.134 e. The zero-order chi connectivity index (χ0) is 13.1. The molecular weight excluding hydrogens is 226 g/mol. The Morgan fingerprint density at radius 2 is 2.11 bits per heavy atom. The molecule has 0 fully saturated rings. The van der Waals surface area contributed by atoms with Gasteiger partial charge in [0, 0.05) is 24.0 Å². The van der Waals surface area contributed by atoms with Gasteiger partial charge in [0.2, 0.25) is 0 Å². The Morgan fingerprint density at radius 3 is 2.72 bits per heavy atom. The summed E-state index contributed by atoms with van der Waals surface area (Å²) in [5.74, 6) is 1.61. The summed E-state index contributed by atoms with van der Waals surface area (Å²) in [5.41, 5.74) is 1.99. The molecule has 0 amide bonds. The molecule has 0 saturated heterocycles. The molecule has 0 spiro atoms. The highest BCUT2D eigenvalue weighted by molar-refractivity contribution is 5.54. The van der Waals surface area contributed by atoms with Crippen LogP contribution in [0.2, 0.25) is 0 Å². The maximum atomic E-state index is 4.37. The van der Waals surface area contributed by atoms with Crippen LogP contribution in [0.1, 0.15) is 38.3 Å². The predicted octanol–water partition coefficient (Wildman–Crippen LogP) is 2.87. The van der Waals surface area contributed by atoms with Gasteiger partial charge in [-0.1, -0.05) is 6.92 Å². The third kappa shape index (κ3) is 2.85. The van der Waals surface area contributed by atoms with Crippen LogP contribution in [-0.4, -0.2) is 19.7 Å². The van der Waals surface area contributed by atoms with Crippen LogP contribution in [0.25, 0.3) is 0 Å². The molecular formula is C13H19N5. The van der Waals surface area contributed by atoms with E-state index in [4.69, 9.17) is 0 Å². The SMILES string of the molecule is CCc1cc(Nc2cnn(C(C)C)c2)nc(C)n1. The zero-order valence-electron chi connectivity index (χ0n) is 11.3. The fourth-order valence-electron chi connectivity index (χ4n) is 1.71. The molecule has 2 rings (SSSR count). The molecule has 0 saturated carbocycles. The molecule has 0 radical (unpaired) electrons. The first-order valence-electron chi connectivity index (χ1n) is 6.24. The van der Waals surface area contributed by atoms with Crippen LogP contribution in [-0.2, 0) is 6.42 Å². The Bertz CT molecular complexity index is 530. The van der Waals surface area contributed by atoms with E-state index in [0.29, 0.717) is 6.04 Å². The van der Waals surface area contributed by atoms with Crippen molar-refractivity contribution in [3.8, 4) is 0 Å². The van der Waals surface area contributed by atoms with Gasteiger partial charge in [0.05, 0.1) is 11.9 Å². The lowest BCUT2D eigenvalue weighted by atomic mass is 10.3. The Labute approximate surface area is 107 Å². The topological polar surface area (TPSA) is 55.6 Å². The number of nitrogens with zero attached hydrogens (tertiary/aromatic N) is 4. The number of aryl methyl sites for hydroxylation is 2. The van der Waals surface area contributed by atoms with E-state index in [-0.39, 0.29) is 0 Å². The predicted molar refractivity (Wildman–Crippen MR) is 72.0 cm³/mol. The molecule has 0 unspecified atom stereocenters. The van der Waals surface area contributed by atoms with Crippen LogP contribution in [0.3, 0.4) is 0 Å². The lowest BCUT2D eigenvalue weighted by Gasteiger charge is -2.06. The third-order valence-corrected chi connectivity index (χ3v) is 2.66. The van der Waals surface area contributed by atoms with Gasteiger partial charge in [-0.05, 0) is 27.2 Å². The quantitative estimate of drug-likeness (QED) is 0.899. The molecule has 0 bridgehead atoms. The third-order valence-electron chi connectivity index (χ3n) is 2.66. The van der Waals surface area contributed by atoms with Crippen molar-refractivity contribution in [3.63, 3.8) is 0 Å². The first-order valence-corrected chi connectivity index (χ1v) is 6.24. The maximum absolute atomic E-state index is 4.37. The number of nitrogens with one attached hydrogen (secondary N) is 1. The molecule has 96 valence electrons. The Morgan fingerprint density at radius 1 is 1.33 bits per heavy atom. The second kappa shape index (κ2) is 5.16. The summed E-state index contributed by atoms with van der Waals surface area (Å²) < 4.78 is 1.91. The number of anilines is 2. The highest BCUT2D eigenvalue weighted by Gasteiger charge is 2.04. The van der Waals surface area contributed by atoms with Gasteiger partial charge in [-0.15, -0.1) is 0 Å². The lowest BCUT2D eigenvalue weighted by molar-refractivity contribution is 0.532. The Hall–Kier alpha value is -1.91. The van der Waals surface area contributed by atoms with Crippen molar-refractivity contribution in [1.29, 1.82) is 0 Å². The van der Waals surface area contributed by atoms with Crippen molar-refractivity contribution in [2.24, 2.45) is 0 Å². The van der Waals surface area contributed by atoms with Gasteiger partial charge in [-0.2, -0.15) is 5.10 Å². The minimum Gasteiger partial charge on any atom is -0.338 e. The standard InChI is InChI=1S/C13H19N5/c1-5-11-6-13(16-10(4)15-11)17-12-7-14-18(8-12)9(2)3/h6-9H,5H2,1-4H3,(H,15,16,17). The highest BCUT2D eigenvalue weighted by Crippen LogP contribution is 2.16. The van der Waals surface area contributed by atoms with Crippen LogP contribution < -0.4 is 5.32 Å². The molecule has 0 aliphatic heterocycles. The first kappa shape index (κ1) is 12.5. The van der Waals surface area contributed by atoms with Crippen LogP contribution in [0.15, 0.2) is 18.5 Å². The van der Waals surface area contributed by atoms with E-state index in [0.717, 1.165) is 29.4 Å². The smallest absolute Gasteiger partial charge is 0.134 e. The fourth-order valence-corrected chi connectivity index (χ4v) is 1.71. The normalized spacial score (nSPS) is 10.9. The zero-order valence-corrected chi connectivity index (χ0v) is 11.3. The van der Waals surface area contributed by atoms with Crippen molar-refractivity contribution in [2.45, 2.75) is 40.2 Å². The molecule has 2 aromatic rings. The van der Waals surface area contributed by atoms with Gasteiger partial charge in [-0.25, -0.2) is 9.97 Å². The average molecular weight is 245 g/mol. The van der Waals surface area contributed by atoms with Crippen molar-refractivity contribution < 1.29 is 0 Å². The molecule has 2 heterocycles. The summed E-state index contributed by atoms with van der Waals surface area (Å²) >= 11 is 0. The molecule has 2 aromatic heterocycles. The summed E-state index contributed by atoms with van der Waals surface area (Å²) in [7, 11) is 0. The van der Waals surface area contributed by atoms with Crippen molar-refractivity contribution in [1.82, 2.24) is 19.7 Å². The van der Waals surface area contributed by atoms with E-state index < -0.39 is 0 Å². The van der Waals surface area contributed by atoms with Gasteiger partial charge >= 0.3 is 0 Å². The summed E-state index contributed by atoms with van der Waals surface area (Å²) in [6.45, 7) is 8.19. The van der Waals surface area contributed by atoms with Crippen LogP contribution in [0, 0.1) is 6.92 Å². The lowest BCUT2D eigenvalue weighted by Crippen LogP contribution is -2.01. The van der Waals surface area contributed by atoms with Gasteiger partial charge in [0.15, 0.2) is 0 Å².